The first kappa shape index (κ1) is 30.0. The summed E-state index contributed by atoms with van der Waals surface area (Å²) in [6.07, 6.45) is -1.32. The van der Waals surface area contributed by atoms with Crippen LogP contribution >= 0.6 is 7.82 Å². The first-order valence-corrected chi connectivity index (χ1v) is 3.87. The fourth-order valence-corrected chi connectivity index (χ4v) is 0.585. The van der Waals surface area contributed by atoms with Crippen LogP contribution < -0.4 is 9.79 Å². The SMILES string of the molecule is O=P([O-])([O-])OCC(O)CO.[Ca+2].[Ca+2].[OH-].[OH-]. The van der Waals surface area contributed by atoms with Crippen molar-refractivity contribution in [2.24, 2.45) is 0 Å². The van der Waals surface area contributed by atoms with Gasteiger partial charge in [-0.1, -0.05) is 0 Å². The van der Waals surface area contributed by atoms with Crippen LogP contribution in [0.2, 0.25) is 0 Å². The monoisotopic (exact) mass is 284 g/mol. The zero-order chi connectivity index (χ0) is 8.20. The van der Waals surface area contributed by atoms with Crippen molar-refractivity contribution < 1.29 is 40.0 Å². The Morgan fingerprint density at radius 1 is 1.29 bits per heavy atom. The van der Waals surface area contributed by atoms with Gasteiger partial charge in [-0.25, -0.2) is 0 Å². The van der Waals surface area contributed by atoms with Gasteiger partial charge in [-0.15, -0.1) is 0 Å². The molecule has 0 fully saturated rings. The van der Waals surface area contributed by atoms with E-state index in [0.717, 1.165) is 0 Å². The maximum atomic E-state index is 9.71. The van der Waals surface area contributed by atoms with Crippen molar-refractivity contribution in [1.82, 2.24) is 0 Å². The van der Waals surface area contributed by atoms with Gasteiger partial charge in [0.25, 0.3) is 0 Å². The first-order chi connectivity index (χ1) is 4.45. The Hall–Kier alpha value is 2.47. The molecule has 0 amide bonds. The number of phosphoric ester groups is 1. The molecule has 1 atom stereocenters. The van der Waals surface area contributed by atoms with E-state index in [2.05, 4.69) is 4.52 Å². The van der Waals surface area contributed by atoms with Gasteiger partial charge in [-0.2, -0.15) is 0 Å². The number of rotatable bonds is 4. The average molecular weight is 284 g/mol. The summed E-state index contributed by atoms with van der Waals surface area (Å²) in [6.45, 7) is -1.33. The molecule has 0 aliphatic heterocycles. The molecule has 0 aromatic rings. The van der Waals surface area contributed by atoms with Crippen LogP contribution in [0.5, 0.6) is 0 Å². The molecule has 11 heteroatoms. The van der Waals surface area contributed by atoms with Crippen molar-refractivity contribution in [2.75, 3.05) is 13.2 Å². The van der Waals surface area contributed by atoms with Gasteiger partial charge in [0.2, 0.25) is 0 Å². The van der Waals surface area contributed by atoms with Crippen LogP contribution in [0.1, 0.15) is 0 Å². The van der Waals surface area contributed by atoms with Crippen molar-refractivity contribution in [3.8, 4) is 0 Å². The predicted octanol–water partition coefficient (Wildman–Crippen LogP) is -3.93. The third-order valence-corrected chi connectivity index (χ3v) is 1.10. The molecule has 0 heterocycles. The van der Waals surface area contributed by atoms with Crippen molar-refractivity contribution in [3.63, 3.8) is 0 Å². The summed E-state index contributed by atoms with van der Waals surface area (Å²) < 4.78 is 13.3. The van der Waals surface area contributed by atoms with E-state index in [0.29, 0.717) is 0 Å². The second-order valence-corrected chi connectivity index (χ2v) is 2.73. The van der Waals surface area contributed by atoms with Gasteiger partial charge in [0, 0.05) is 0 Å². The molecule has 0 radical (unpaired) electrons. The zero-order valence-electron chi connectivity index (χ0n) is 7.27. The normalized spacial score (nSPS) is 10.9. The molecule has 0 aliphatic carbocycles. The van der Waals surface area contributed by atoms with Crippen LogP contribution in [-0.2, 0) is 9.09 Å². The van der Waals surface area contributed by atoms with E-state index in [9.17, 15) is 14.4 Å². The van der Waals surface area contributed by atoms with Crippen LogP contribution in [-0.4, -0.2) is 116 Å². The van der Waals surface area contributed by atoms with E-state index in [1.807, 2.05) is 0 Å². The van der Waals surface area contributed by atoms with E-state index in [1.165, 1.54) is 0 Å². The van der Waals surface area contributed by atoms with Crippen molar-refractivity contribution in [1.29, 1.82) is 0 Å². The third-order valence-electron chi connectivity index (χ3n) is 0.636. The molecular formula is C3H9Ca2O8P. The van der Waals surface area contributed by atoms with Gasteiger partial charge in [0.05, 0.1) is 21.0 Å². The number of phosphoric acid groups is 1. The summed E-state index contributed by atoms with van der Waals surface area (Å²) in [7, 11) is -5.00. The molecule has 0 bridgehead atoms. The minimum absolute atomic E-state index is 0. The molecule has 0 aliphatic rings. The molecule has 0 aromatic heterocycles. The third kappa shape index (κ3) is 23.9. The molecule has 8 nitrogen and oxygen atoms in total. The fourth-order valence-electron chi connectivity index (χ4n) is 0.230. The Balaban J connectivity index is -0.0000000675. The van der Waals surface area contributed by atoms with Crippen molar-refractivity contribution in [3.05, 3.63) is 0 Å². The van der Waals surface area contributed by atoms with Gasteiger partial charge in [-0.3, -0.25) is 0 Å². The molecule has 0 aromatic carbocycles. The summed E-state index contributed by atoms with van der Waals surface area (Å²) >= 11 is 0. The zero-order valence-corrected chi connectivity index (χ0v) is 12.6. The summed E-state index contributed by atoms with van der Waals surface area (Å²) in [5.74, 6) is 0. The fraction of sp³-hybridized carbons (Fsp3) is 1.00. The van der Waals surface area contributed by atoms with E-state index in [-0.39, 0.29) is 86.4 Å². The topological polar surface area (TPSA) is 173 Å². The number of aliphatic hydroxyl groups is 2. The quantitative estimate of drug-likeness (QED) is 0.388. The van der Waals surface area contributed by atoms with Crippen LogP contribution in [0.15, 0.2) is 0 Å². The predicted molar refractivity (Wildman–Crippen MR) is 42.0 cm³/mol. The molecule has 0 rings (SSSR count). The Morgan fingerprint density at radius 3 is 1.86 bits per heavy atom. The molecular weight excluding hydrogens is 275 g/mol. The largest absolute Gasteiger partial charge is 2.00 e. The molecule has 0 saturated heterocycles. The molecule has 4 N–H and O–H groups in total. The van der Waals surface area contributed by atoms with E-state index in [4.69, 9.17) is 10.2 Å². The van der Waals surface area contributed by atoms with Gasteiger partial charge < -0.3 is 40.0 Å². The Morgan fingerprint density at radius 2 is 1.64 bits per heavy atom. The average Bonchev–Trinajstić information content (AvgIpc) is 1.81. The summed E-state index contributed by atoms with van der Waals surface area (Å²) in [4.78, 5) is 19.4. The van der Waals surface area contributed by atoms with Crippen LogP contribution in [0.4, 0.5) is 0 Å². The molecule has 0 saturated carbocycles. The number of aliphatic hydroxyl groups excluding tert-OH is 2. The van der Waals surface area contributed by atoms with Gasteiger partial charge >= 0.3 is 75.5 Å². The first-order valence-electron chi connectivity index (χ1n) is 2.41. The second-order valence-electron chi connectivity index (χ2n) is 1.58. The van der Waals surface area contributed by atoms with Gasteiger partial charge in [0.1, 0.15) is 6.10 Å². The number of hydrogen-bond donors (Lipinski definition) is 2. The van der Waals surface area contributed by atoms with Gasteiger partial charge in [-0.05, 0) is 0 Å². The molecule has 78 valence electrons. The van der Waals surface area contributed by atoms with Gasteiger partial charge in [0.15, 0.2) is 0 Å². The van der Waals surface area contributed by atoms with E-state index in [1.54, 1.807) is 0 Å². The summed E-state index contributed by atoms with van der Waals surface area (Å²) in [6, 6.07) is 0. The number of hydrogen-bond acceptors (Lipinski definition) is 8. The minimum Gasteiger partial charge on any atom is -0.870 e. The van der Waals surface area contributed by atoms with E-state index < -0.39 is 27.1 Å². The Kier molecular flexibility index (Phi) is 33.1. The summed E-state index contributed by atoms with van der Waals surface area (Å²) in [5, 5.41) is 16.6. The summed E-state index contributed by atoms with van der Waals surface area (Å²) in [5.41, 5.74) is 0. The Bertz CT molecular complexity index is 139. The standard InChI is InChI=1S/C3H9O6P.2Ca.2H2O/c4-1-3(5)2-9-10(6,7)8;;;;/h3-5H,1-2H2,(H2,6,7,8);;;2*1H2/q;2*+2;;/p-4. The molecule has 1 unspecified atom stereocenters. The van der Waals surface area contributed by atoms with Crippen LogP contribution in [0.3, 0.4) is 0 Å². The van der Waals surface area contributed by atoms with E-state index >= 15 is 0 Å². The minimum atomic E-state index is -5.00. The molecule has 14 heavy (non-hydrogen) atoms. The van der Waals surface area contributed by atoms with Crippen LogP contribution in [0, 0.1) is 0 Å². The maximum Gasteiger partial charge on any atom is 2.00 e. The molecule has 0 spiro atoms. The van der Waals surface area contributed by atoms with Crippen molar-refractivity contribution in [2.45, 2.75) is 6.10 Å². The van der Waals surface area contributed by atoms with Crippen molar-refractivity contribution >= 4 is 83.3 Å². The maximum absolute atomic E-state index is 9.71. The van der Waals surface area contributed by atoms with Crippen LogP contribution in [0.25, 0.3) is 0 Å². The Labute approximate surface area is 141 Å². The smallest absolute Gasteiger partial charge is 0.870 e. The second kappa shape index (κ2) is 15.5.